The van der Waals surface area contributed by atoms with Crippen LogP contribution in [-0.4, -0.2) is 44.7 Å². The Bertz CT molecular complexity index is 800. The molecule has 0 radical (unpaired) electrons. The standard InChI is InChI=1S/C18H26N2O5S/c1-4-18(5-2,17(22)23)12-19-16(21)14-8-9-15-13(11-14)7-6-10-20(15)26(3,24)25/h8-9,11H,4-7,10,12H2,1-3H3,(H,19,21)(H,22,23). The number of carboxylic acids is 1. The first-order valence-electron chi connectivity index (χ1n) is 8.77. The monoisotopic (exact) mass is 382 g/mol. The van der Waals surface area contributed by atoms with Gasteiger partial charge >= 0.3 is 5.97 Å². The minimum Gasteiger partial charge on any atom is -0.481 e. The molecule has 0 bridgehead atoms. The number of anilines is 1. The third kappa shape index (κ3) is 4.00. The highest BCUT2D eigenvalue weighted by Crippen LogP contribution is 2.30. The van der Waals surface area contributed by atoms with Gasteiger partial charge < -0.3 is 10.4 Å². The first-order chi connectivity index (χ1) is 12.1. The van der Waals surface area contributed by atoms with Crippen LogP contribution in [0.4, 0.5) is 5.69 Å². The summed E-state index contributed by atoms with van der Waals surface area (Å²) in [6, 6.07) is 4.93. The van der Waals surface area contributed by atoms with E-state index in [2.05, 4.69) is 5.32 Å². The number of aliphatic carboxylic acids is 1. The summed E-state index contributed by atoms with van der Waals surface area (Å²) in [6.07, 6.45) is 3.41. The number of fused-ring (bicyclic) bond motifs is 1. The van der Waals surface area contributed by atoms with Crippen molar-refractivity contribution in [3.63, 3.8) is 0 Å². The van der Waals surface area contributed by atoms with Crippen molar-refractivity contribution in [1.29, 1.82) is 0 Å². The number of amides is 1. The number of benzene rings is 1. The van der Waals surface area contributed by atoms with Gasteiger partial charge in [0, 0.05) is 18.7 Å². The summed E-state index contributed by atoms with van der Waals surface area (Å²) in [5, 5.41) is 12.2. The molecule has 0 saturated carbocycles. The predicted molar refractivity (Wildman–Crippen MR) is 99.9 cm³/mol. The van der Waals surface area contributed by atoms with Crippen LogP contribution >= 0.6 is 0 Å². The Morgan fingerprint density at radius 3 is 2.46 bits per heavy atom. The van der Waals surface area contributed by atoms with Gasteiger partial charge in [0.25, 0.3) is 5.91 Å². The number of carbonyl (C=O) groups excluding carboxylic acids is 1. The predicted octanol–water partition coefficient (Wildman–Crippen LogP) is 2.02. The Kier molecular flexibility index (Phi) is 5.95. The van der Waals surface area contributed by atoms with E-state index in [9.17, 15) is 23.1 Å². The number of hydrogen-bond donors (Lipinski definition) is 2. The number of hydrogen-bond acceptors (Lipinski definition) is 4. The van der Waals surface area contributed by atoms with Gasteiger partial charge in [-0.2, -0.15) is 0 Å². The number of rotatable bonds is 7. The largest absolute Gasteiger partial charge is 0.481 e. The average Bonchev–Trinajstić information content (AvgIpc) is 2.60. The van der Waals surface area contributed by atoms with Crippen molar-refractivity contribution in [3.05, 3.63) is 29.3 Å². The average molecular weight is 382 g/mol. The maximum atomic E-state index is 12.5. The summed E-state index contributed by atoms with van der Waals surface area (Å²) >= 11 is 0. The third-order valence-corrected chi connectivity index (χ3v) is 6.39. The summed E-state index contributed by atoms with van der Waals surface area (Å²) < 4.78 is 25.2. The van der Waals surface area contributed by atoms with Crippen LogP contribution in [0.25, 0.3) is 0 Å². The fourth-order valence-corrected chi connectivity index (χ4v) is 4.27. The molecule has 1 aliphatic rings. The first kappa shape index (κ1) is 20.2. The van der Waals surface area contributed by atoms with Gasteiger partial charge in [0.15, 0.2) is 0 Å². The Morgan fingerprint density at radius 1 is 1.27 bits per heavy atom. The number of nitrogens with zero attached hydrogens (tertiary/aromatic N) is 1. The molecule has 144 valence electrons. The van der Waals surface area contributed by atoms with Gasteiger partial charge in [-0.25, -0.2) is 8.42 Å². The second-order valence-electron chi connectivity index (χ2n) is 6.76. The zero-order valence-electron chi connectivity index (χ0n) is 15.4. The molecule has 0 aromatic heterocycles. The van der Waals surface area contributed by atoms with Crippen molar-refractivity contribution in [2.75, 3.05) is 23.7 Å². The topological polar surface area (TPSA) is 104 Å². The van der Waals surface area contributed by atoms with Crippen molar-refractivity contribution < 1.29 is 23.1 Å². The second kappa shape index (κ2) is 7.65. The maximum absolute atomic E-state index is 12.5. The van der Waals surface area contributed by atoms with Crippen LogP contribution < -0.4 is 9.62 Å². The maximum Gasteiger partial charge on any atom is 0.311 e. The summed E-state index contributed by atoms with van der Waals surface area (Å²) in [7, 11) is -3.35. The van der Waals surface area contributed by atoms with Crippen LogP contribution in [0.5, 0.6) is 0 Å². The lowest BCUT2D eigenvalue weighted by molar-refractivity contribution is -0.149. The minimum absolute atomic E-state index is 0.0563. The first-order valence-corrected chi connectivity index (χ1v) is 10.6. The van der Waals surface area contributed by atoms with E-state index in [-0.39, 0.29) is 12.5 Å². The zero-order valence-corrected chi connectivity index (χ0v) is 16.2. The van der Waals surface area contributed by atoms with Crippen molar-refractivity contribution in [2.45, 2.75) is 39.5 Å². The SMILES string of the molecule is CCC(CC)(CNC(=O)c1ccc2c(c1)CCCN2S(C)(=O)=O)C(=O)O. The summed E-state index contributed by atoms with van der Waals surface area (Å²) in [6.45, 7) is 4.08. The number of carbonyl (C=O) groups is 2. The van der Waals surface area contributed by atoms with Gasteiger partial charge in [-0.15, -0.1) is 0 Å². The molecular formula is C18H26N2O5S. The van der Waals surface area contributed by atoms with E-state index in [4.69, 9.17) is 0 Å². The number of sulfonamides is 1. The lowest BCUT2D eigenvalue weighted by Gasteiger charge is -2.29. The molecule has 26 heavy (non-hydrogen) atoms. The van der Waals surface area contributed by atoms with Gasteiger partial charge in [-0.3, -0.25) is 13.9 Å². The lowest BCUT2D eigenvalue weighted by atomic mass is 9.82. The number of carboxylic acid groups (broad SMARTS) is 1. The van der Waals surface area contributed by atoms with Gasteiger partial charge in [0.05, 0.1) is 17.4 Å². The molecular weight excluding hydrogens is 356 g/mol. The molecule has 0 unspecified atom stereocenters. The molecule has 2 N–H and O–H groups in total. The molecule has 0 spiro atoms. The molecule has 7 nitrogen and oxygen atoms in total. The van der Waals surface area contributed by atoms with Crippen LogP contribution in [0.2, 0.25) is 0 Å². The molecule has 1 amide bonds. The highest BCUT2D eigenvalue weighted by atomic mass is 32.2. The minimum atomic E-state index is -3.35. The normalized spacial score (nSPS) is 14.7. The van der Waals surface area contributed by atoms with Gasteiger partial charge in [0.2, 0.25) is 10.0 Å². The summed E-state index contributed by atoms with van der Waals surface area (Å²) in [4.78, 5) is 24.0. The quantitative estimate of drug-likeness (QED) is 0.751. The third-order valence-electron chi connectivity index (χ3n) is 5.21. The number of nitrogens with one attached hydrogen (secondary N) is 1. The van der Waals surface area contributed by atoms with Crippen molar-refractivity contribution >= 4 is 27.6 Å². The smallest absolute Gasteiger partial charge is 0.311 e. The van der Waals surface area contributed by atoms with Crippen LogP contribution in [0.3, 0.4) is 0 Å². The lowest BCUT2D eigenvalue weighted by Crippen LogP contribution is -2.42. The number of aryl methyl sites for hydroxylation is 1. The van der Waals surface area contributed by atoms with E-state index in [0.29, 0.717) is 43.5 Å². The van der Waals surface area contributed by atoms with E-state index < -0.39 is 21.4 Å². The van der Waals surface area contributed by atoms with Crippen molar-refractivity contribution in [2.24, 2.45) is 5.41 Å². The van der Waals surface area contributed by atoms with E-state index >= 15 is 0 Å². The molecule has 1 aromatic carbocycles. The molecule has 1 aromatic rings. The Hall–Kier alpha value is -2.09. The molecule has 0 fully saturated rings. The van der Waals surface area contributed by atoms with Crippen molar-refractivity contribution in [3.8, 4) is 0 Å². The molecule has 8 heteroatoms. The van der Waals surface area contributed by atoms with Crippen LogP contribution in [0, 0.1) is 5.41 Å². The molecule has 0 saturated heterocycles. The van der Waals surface area contributed by atoms with Gasteiger partial charge in [-0.1, -0.05) is 13.8 Å². The van der Waals surface area contributed by atoms with E-state index in [1.165, 1.54) is 10.6 Å². The van der Waals surface area contributed by atoms with Crippen LogP contribution in [0.1, 0.15) is 49.0 Å². The van der Waals surface area contributed by atoms with Gasteiger partial charge in [-0.05, 0) is 49.4 Å². The summed E-state index contributed by atoms with van der Waals surface area (Å²) in [5.74, 6) is -1.27. The highest BCUT2D eigenvalue weighted by molar-refractivity contribution is 7.92. The fraction of sp³-hybridized carbons (Fsp3) is 0.556. The molecule has 0 aliphatic carbocycles. The fourth-order valence-electron chi connectivity index (χ4n) is 3.28. The Morgan fingerprint density at radius 2 is 1.92 bits per heavy atom. The molecule has 1 heterocycles. The molecule has 2 rings (SSSR count). The van der Waals surface area contributed by atoms with Crippen LogP contribution in [0.15, 0.2) is 18.2 Å². The van der Waals surface area contributed by atoms with E-state index in [0.717, 1.165) is 5.56 Å². The highest BCUT2D eigenvalue weighted by Gasteiger charge is 2.35. The van der Waals surface area contributed by atoms with Crippen molar-refractivity contribution in [1.82, 2.24) is 5.32 Å². The second-order valence-corrected chi connectivity index (χ2v) is 8.66. The summed E-state index contributed by atoms with van der Waals surface area (Å²) in [5.41, 5.74) is 0.851. The molecule has 0 atom stereocenters. The van der Waals surface area contributed by atoms with E-state index in [1.54, 1.807) is 32.0 Å². The van der Waals surface area contributed by atoms with Gasteiger partial charge in [0.1, 0.15) is 0 Å². The van der Waals surface area contributed by atoms with E-state index in [1.807, 2.05) is 0 Å². The Balaban J connectivity index is 2.20. The Labute approximate surface area is 154 Å². The van der Waals surface area contributed by atoms with Crippen LogP contribution in [-0.2, 0) is 21.2 Å². The zero-order chi connectivity index (χ0) is 19.5. The molecule has 1 aliphatic heterocycles.